The van der Waals surface area contributed by atoms with Gasteiger partial charge < -0.3 is 15.4 Å². The molecule has 1 rings (SSSR count). The zero-order chi connectivity index (χ0) is 17.1. The van der Waals surface area contributed by atoms with Gasteiger partial charge in [0.1, 0.15) is 5.82 Å². The molecule has 0 heterocycles. The van der Waals surface area contributed by atoms with Crippen LogP contribution < -0.4 is 10.6 Å². The lowest BCUT2D eigenvalue weighted by Gasteiger charge is -2.26. The minimum Gasteiger partial charge on any atom is -0.382 e. The standard InChI is InChI=1S/C18H30FN3O/c1-5-23-13-7-6-12-21-17(20-4)22-14-18(2,3)15-8-10-16(19)11-9-15/h8-11H,5-7,12-14H2,1-4H3,(H2,20,21,22). The first kappa shape index (κ1) is 19.4. The normalized spacial score (nSPS) is 12.3. The van der Waals surface area contributed by atoms with Gasteiger partial charge >= 0.3 is 0 Å². The van der Waals surface area contributed by atoms with E-state index in [9.17, 15) is 4.39 Å². The van der Waals surface area contributed by atoms with Crippen molar-refractivity contribution in [2.75, 3.05) is 33.4 Å². The Balaban J connectivity index is 2.37. The molecule has 1 aromatic carbocycles. The van der Waals surface area contributed by atoms with Crippen molar-refractivity contribution >= 4 is 5.96 Å². The molecule has 0 bridgehead atoms. The quantitative estimate of drug-likeness (QED) is 0.417. The Labute approximate surface area is 139 Å². The van der Waals surface area contributed by atoms with Gasteiger partial charge in [0, 0.05) is 38.8 Å². The van der Waals surface area contributed by atoms with Gasteiger partial charge in [-0.05, 0) is 37.5 Å². The fraction of sp³-hybridized carbons (Fsp3) is 0.611. The molecule has 0 saturated heterocycles. The summed E-state index contributed by atoms with van der Waals surface area (Å²) in [6.45, 7) is 9.43. The number of hydrogen-bond acceptors (Lipinski definition) is 2. The number of benzene rings is 1. The summed E-state index contributed by atoms with van der Waals surface area (Å²) in [6, 6.07) is 6.67. The third kappa shape index (κ3) is 7.46. The smallest absolute Gasteiger partial charge is 0.191 e. The molecule has 130 valence electrons. The molecule has 0 saturated carbocycles. The summed E-state index contributed by atoms with van der Waals surface area (Å²) in [6.07, 6.45) is 2.08. The summed E-state index contributed by atoms with van der Waals surface area (Å²) in [7, 11) is 1.76. The summed E-state index contributed by atoms with van der Waals surface area (Å²) in [5.74, 6) is 0.582. The van der Waals surface area contributed by atoms with Gasteiger partial charge in [-0.1, -0.05) is 26.0 Å². The molecule has 0 spiro atoms. The van der Waals surface area contributed by atoms with Crippen molar-refractivity contribution in [2.24, 2.45) is 4.99 Å². The number of unbranched alkanes of at least 4 members (excludes halogenated alkanes) is 1. The molecular formula is C18H30FN3O. The number of nitrogens with zero attached hydrogens (tertiary/aromatic N) is 1. The summed E-state index contributed by atoms with van der Waals surface area (Å²) in [5, 5.41) is 6.64. The maximum Gasteiger partial charge on any atom is 0.191 e. The van der Waals surface area contributed by atoms with Gasteiger partial charge in [-0.2, -0.15) is 0 Å². The Morgan fingerprint density at radius 3 is 2.48 bits per heavy atom. The van der Waals surface area contributed by atoms with Crippen molar-refractivity contribution in [3.05, 3.63) is 35.6 Å². The van der Waals surface area contributed by atoms with Crippen molar-refractivity contribution in [3.8, 4) is 0 Å². The summed E-state index contributed by atoms with van der Waals surface area (Å²) < 4.78 is 18.4. The zero-order valence-electron chi connectivity index (χ0n) is 14.8. The van der Waals surface area contributed by atoms with Crippen LogP contribution in [0, 0.1) is 5.82 Å². The van der Waals surface area contributed by atoms with Crippen LogP contribution in [-0.2, 0) is 10.2 Å². The summed E-state index contributed by atoms with van der Waals surface area (Å²) in [5.41, 5.74) is 0.985. The second kappa shape index (κ2) is 10.2. The van der Waals surface area contributed by atoms with Gasteiger partial charge in [0.05, 0.1) is 0 Å². The monoisotopic (exact) mass is 323 g/mol. The van der Waals surface area contributed by atoms with Crippen molar-refractivity contribution in [2.45, 2.75) is 39.0 Å². The SMILES string of the molecule is CCOCCCCNC(=NC)NCC(C)(C)c1ccc(F)cc1. The average molecular weight is 323 g/mol. The lowest BCUT2D eigenvalue weighted by Crippen LogP contribution is -2.43. The highest BCUT2D eigenvalue weighted by Crippen LogP contribution is 2.22. The van der Waals surface area contributed by atoms with Crippen molar-refractivity contribution in [1.29, 1.82) is 0 Å². The third-order valence-electron chi connectivity index (χ3n) is 3.76. The molecule has 0 aromatic heterocycles. The maximum atomic E-state index is 13.0. The second-order valence-corrected chi connectivity index (χ2v) is 6.15. The van der Waals surface area contributed by atoms with Gasteiger partial charge in [0.2, 0.25) is 0 Å². The van der Waals surface area contributed by atoms with Crippen LogP contribution in [0.3, 0.4) is 0 Å². The van der Waals surface area contributed by atoms with Gasteiger partial charge in [0.15, 0.2) is 5.96 Å². The number of ether oxygens (including phenoxy) is 1. The predicted octanol–water partition coefficient (Wildman–Crippen LogP) is 3.09. The molecule has 0 amide bonds. The van der Waals surface area contributed by atoms with E-state index in [0.717, 1.165) is 50.7 Å². The van der Waals surface area contributed by atoms with Crippen LogP contribution in [-0.4, -0.2) is 39.3 Å². The molecule has 0 unspecified atom stereocenters. The molecule has 2 N–H and O–H groups in total. The second-order valence-electron chi connectivity index (χ2n) is 6.15. The lowest BCUT2D eigenvalue weighted by atomic mass is 9.84. The van der Waals surface area contributed by atoms with E-state index in [2.05, 4.69) is 29.5 Å². The first-order valence-corrected chi connectivity index (χ1v) is 8.28. The molecule has 0 aliphatic heterocycles. The Morgan fingerprint density at radius 1 is 1.17 bits per heavy atom. The molecule has 5 heteroatoms. The Kier molecular flexibility index (Phi) is 8.62. The minimum atomic E-state index is -0.206. The number of aliphatic imine (C=N–C) groups is 1. The van der Waals surface area contributed by atoms with Gasteiger partial charge in [-0.3, -0.25) is 4.99 Å². The Bertz CT molecular complexity index is 472. The van der Waals surface area contributed by atoms with E-state index in [1.807, 2.05) is 19.1 Å². The van der Waals surface area contributed by atoms with Crippen LogP contribution in [0.15, 0.2) is 29.3 Å². The molecule has 0 fully saturated rings. The minimum absolute atomic E-state index is 0.111. The zero-order valence-corrected chi connectivity index (χ0v) is 14.8. The number of rotatable bonds is 9. The van der Waals surface area contributed by atoms with E-state index in [1.54, 1.807) is 7.05 Å². The first-order valence-electron chi connectivity index (χ1n) is 8.28. The number of halogens is 1. The Morgan fingerprint density at radius 2 is 1.87 bits per heavy atom. The fourth-order valence-corrected chi connectivity index (χ4v) is 2.21. The van der Waals surface area contributed by atoms with Crippen LogP contribution in [0.4, 0.5) is 4.39 Å². The number of guanidine groups is 1. The van der Waals surface area contributed by atoms with Crippen molar-refractivity contribution in [1.82, 2.24) is 10.6 Å². The number of hydrogen-bond donors (Lipinski definition) is 2. The molecule has 1 aromatic rings. The van der Waals surface area contributed by atoms with E-state index >= 15 is 0 Å². The molecule has 0 aliphatic rings. The highest BCUT2D eigenvalue weighted by atomic mass is 19.1. The summed E-state index contributed by atoms with van der Waals surface area (Å²) in [4.78, 5) is 4.24. The van der Waals surface area contributed by atoms with Crippen molar-refractivity contribution in [3.63, 3.8) is 0 Å². The Hall–Kier alpha value is -1.62. The van der Waals surface area contributed by atoms with Crippen LogP contribution in [0.5, 0.6) is 0 Å². The fourth-order valence-electron chi connectivity index (χ4n) is 2.21. The van der Waals surface area contributed by atoms with E-state index in [4.69, 9.17) is 4.74 Å². The maximum absolute atomic E-state index is 13.0. The van der Waals surface area contributed by atoms with Crippen LogP contribution in [0.25, 0.3) is 0 Å². The predicted molar refractivity (Wildman–Crippen MR) is 94.5 cm³/mol. The van der Waals surface area contributed by atoms with Crippen LogP contribution >= 0.6 is 0 Å². The van der Waals surface area contributed by atoms with Gasteiger partial charge in [-0.25, -0.2) is 4.39 Å². The first-order chi connectivity index (χ1) is 11.0. The molecule has 0 aliphatic carbocycles. The molecule has 0 radical (unpaired) electrons. The molecular weight excluding hydrogens is 293 g/mol. The van der Waals surface area contributed by atoms with E-state index in [-0.39, 0.29) is 11.2 Å². The molecule has 0 atom stereocenters. The van der Waals surface area contributed by atoms with E-state index < -0.39 is 0 Å². The van der Waals surface area contributed by atoms with E-state index in [1.165, 1.54) is 12.1 Å². The van der Waals surface area contributed by atoms with Crippen LogP contribution in [0.1, 0.15) is 39.2 Å². The molecule has 4 nitrogen and oxygen atoms in total. The summed E-state index contributed by atoms with van der Waals surface area (Å²) >= 11 is 0. The topological polar surface area (TPSA) is 45.6 Å². The van der Waals surface area contributed by atoms with Gasteiger partial charge in [0.25, 0.3) is 0 Å². The largest absolute Gasteiger partial charge is 0.382 e. The third-order valence-corrected chi connectivity index (χ3v) is 3.76. The number of nitrogens with one attached hydrogen (secondary N) is 2. The molecule has 23 heavy (non-hydrogen) atoms. The lowest BCUT2D eigenvalue weighted by molar-refractivity contribution is 0.143. The van der Waals surface area contributed by atoms with Crippen molar-refractivity contribution < 1.29 is 9.13 Å². The highest BCUT2D eigenvalue weighted by molar-refractivity contribution is 5.79. The van der Waals surface area contributed by atoms with E-state index in [0.29, 0.717) is 0 Å². The highest BCUT2D eigenvalue weighted by Gasteiger charge is 2.20. The van der Waals surface area contributed by atoms with Crippen LogP contribution in [0.2, 0.25) is 0 Å². The van der Waals surface area contributed by atoms with Gasteiger partial charge in [-0.15, -0.1) is 0 Å². The average Bonchev–Trinajstić information content (AvgIpc) is 2.54.